The van der Waals surface area contributed by atoms with Crippen molar-refractivity contribution in [2.75, 3.05) is 24.9 Å². The number of nitrogens with one attached hydrogen (secondary N) is 1. The lowest BCUT2D eigenvalue weighted by molar-refractivity contribution is -0.0501. The molecule has 0 amide bonds. The quantitative estimate of drug-likeness (QED) is 0.157. The molecule has 2 aromatic heterocycles. The van der Waals surface area contributed by atoms with E-state index in [1.165, 1.54) is 10.9 Å². The fourth-order valence-corrected chi connectivity index (χ4v) is 4.12. The van der Waals surface area contributed by atoms with E-state index in [4.69, 9.17) is 19.9 Å². The summed E-state index contributed by atoms with van der Waals surface area (Å²) in [5.41, 5.74) is 11.0. The number of imidazole rings is 1. The van der Waals surface area contributed by atoms with E-state index < -0.39 is 31.1 Å². The molecule has 0 saturated carbocycles. The van der Waals surface area contributed by atoms with Crippen molar-refractivity contribution in [3.05, 3.63) is 66.0 Å². The van der Waals surface area contributed by atoms with Gasteiger partial charge in [0.1, 0.15) is 31.2 Å². The molecular weight excluding hydrogens is 494 g/mol. The molecule has 5 rings (SSSR count). The van der Waals surface area contributed by atoms with Crippen molar-refractivity contribution >= 4 is 29.1 Å². The molecule has 6 N–H and O–H groups in total. The summed E-state index contributed by atoms with van der Waals surface area (Å²) in [6.07, 6.45) is -1.98. The van der Waals surface area contributed by atoms with Gasteiger partial charge in [0.2, 0.25) is 5.95 Å². The highest BCUT2D eigenvalue weighted by atomic mass is 16.6. The Kier molecular flexibility index (Phi) is 7.33. The van der Waals surface area contributed by atoms with Crippen molar-refractivity contribution in [1.29, 1.82) is 0 Å². The average Bonchev–Trinajstić information content (AvgIpc) is 3.45. The van der Waals surface area contributed by atoms with Crippen LogP contribution >= 0.6 is 0 Å². The van der Waals surface area contributed by atoms with Gasteiger partial charge in [0.15, 0.2) is 34.7 Å². The number of anilines is 2. The fourth-order valence-electron chi connectivity index (χ4n) is 4.12. The average molecular weight is 522 g/mol. The van der Waals surface area contributed by atoms with Crippen LogP contribution in [0.25, 0.3) is 11.2 Å². The molecule has 3 heterocycles. The second-order valence-corrected chi connectivity index (χ2v) is 8.52. The van der Waals surface area contributed by atoms with Gasteiger partial charge in [0.05, 0.1) is 19.9 Å². The zero-order valence-corrected chi connectivity index (χ0v) is 20.4. The maximum Gasteiger partial charge on any atom is 0.228 e. The molecule has 0 aliphatic carbocycles. The largest absolute Gasteiger partial charge is 0.493 e. The van der Waals surface area contributed by atoms with Crippen molar-refractivity contribution < 1.29 is 29.5 Å². The van der Waals surface area contributed by atoms with Gasteiger partial charge >= 0.3 is 0 Å². The first kappa shape index (κ1) is 25.4. The number of aliphatic hydroxyl groups excluding tert-OH is 3. The lowest BCUT2D eigenvalue weighted by atomic mass is 10.1. The molecule has 13 nitrogen and oxygen atoms in total. The Morgan fingerprint density at radius 1 is 1.13 bits per heavy atom. The Labute approximate surface area is 217 Å². The number of hydrogen-bond donors (Lipinski definition) is 5. The van der Waals surface area contributed by atoms with Crippen LogP contribution in [0.4, 0.5) is 11.8 Å². The Hall–Kier alpha value is -4.30. The molecule has 4 atom stereocenters. The molecule has 1 aliphatic rings. The van der Waals surface area contributed by atoms with Crippen LogP contribution in [0, 0.1) is 0 Å². The summed E-state index contributed by atoms with van der Waals surface area (Å²) in [5, 5.41) is 34.6. The van der Waals surface area contributed by atoms with E-state index in [0.29, 0.717) is 23.7 Å². The van der Waals surface area contributed by atoms with E-state index in [-0.39, 0.29) is 22.9 Å². The normalized spacial score (nSPS) is 21.3. The number of aliphatic hydroxyl groups is 3. The van der Waals surface area contributed by atoms with E-state index in [1.807, 2.05) is 36.4 Å². The van der Waals surface area contributed by atoms with E-state index in [2.05, 4.69) is 25.5 Å². The smallest absolute Gasteiger partial charge is 0.228 e. The fraction of sp³-hybridized carbons (Fsp3) is 0.280. The molecule has 0 unspecified atom stereocenters. The second-order valence-electron chi connectivity index (χ2n) is 8.52. The molecule has 198 valence electrons. The van der Waals surface area contributed by atoms with E-state index in [9.17, 15) is 15.3 Å². The van der Waals surface area contributed by atoms with Gasteiger partial charge in [-0.05, 0) is 29.3 Å². The SMILES string of the molecule is COc1cc(/C=N\Nc2nc3c(N)ncnc3n2[C@H]2O[C@@H](CO)[C@@H](O)[C@H]2O)ccc1OCc1ccccc1. The predicted molar refractivity (Wildman–Crippen MR) is 138 cm³/mol. The molecule has 1 saturated heterocycles. The number of hydrazone groups is 1. The zero-order valence-electron chi connectivity index (χ0n) is 20.4. The number of aromatic nitrogens is 4. The van der Waals surface area contributed by atoms with Gasteiger partial charge in [0.25, 0.3) is 0 Å². The molecule has 1 fully saturated rings. The summed E-state index contributed by atoms with van der Waals surface area (Å²) in [4.78, 5) is 12.6. The van der Waals surface area contributed by atoms with Crippen LogP contribution in [0.2, 0.25) is 0 Å². The lowest BCUT2D eigenvalue weighted by Gasteiger charge is -2.18. The predicted octanol–water partition coefficient (Wildman–Crippen LogP) is 1.05. The number of nitrogens with zero attached hydrogens (tertiary/aromatic N) is 5. The number of ether oxygens (including phenoxy) is 3. The van der Waals surface area contributed by atoms with Gasteiger partial charge in [-0.1, -0.05) is 30.3 Å². The van der Waals surface area contributed by atoms with Crippen molar-refractivity contribution in [3.63, 3.8) is 0 Å². The van der Waals surface area contributed by atoms with Crippen molar-refractivity contribution in [1.82, 2.24) is 19.5 Å². The summed E-state index contributed by atoms with van der Waals surface area (Å²) in [5.74, 6) is 1.37. The van der Waals surface area contributed by atoms with Crippen LogP contribution in [0.1, 0.15) is 17.4 Å². The molecule has 1 aliphatic heterocycles. The summed E-state index contributed by atoms with van der Waals surface area (Å²) in [6, 6.07) is 15.2. The highest BCUT2D eigenvalue weighted by molar-refractivity contribution is 5.85. The maximum atomic E-state index is 10.6. The third-order valence-corrected chi connectivity index (χ3v) is 6.08. The monoisotopic (exact) mass is 521 g/mol. The standard InChI is InChI=1S/C25H27N7O6/c1-36-17-9-15(7-8-16(17)37-12-14-5-3-2-4-6-14)10-29-31-25-30-19-22(26)27-13-28-23(19)32(25)24-21(35)20(34)18(11-33)38-24/h2-10,13,18,20-21,24,33-35H,11-12H2,1H3,(H,30,31)(H2,26,27,28)/b29-10-/t18-,20+,21+,24-/m0/s1. The lowest BCUT2D eigenvalue weighted by Crippen LogP contribution is -2.33. The van der Waals surface area contributed by atoms with E-state index >= 15 is 0 Å². The number of benzene rings is 2. The van der Waals surface area contributed by atoms with Crippen LogP contribution in [0.3, 0.4) is 0 Å². The number of hydrogen-bond acceptors (Lipinski definition) is 12. The number of fused-ring (bicyclic) bond motifs is 1. The van der Waals surface area contributed by atoms with Gasteiger partial charge in [-0.25, -0.2) is 20.4 Å². The minimum absolute atomic E-state index is 0.114. The molecular formula is C25H27N7O6. The van der Waals surface area contributed by atoms with Crippen LogP contribution in [-0.2, 0) is 11.3 Å². The van der Waals surface area contributed by atoms with Crippen LogP contribution < -0.4 is 20.6 Å². The summed E-state index contributed by atoms with van der Waals surface area (Å²) >= 11 is 0. The molecule has 2 aromatic carbocycles. The van der Waals surface area contributed by atoms with Crippen molar-refractivity contribution in [3.8, 4) is 11.5 Å². The van der Waals surface area contributed by atoms with Gasteiger partial charge in [0, 0.05) is 0 Å². The van der Waals surface area contributed by atoms with Crippen LogP contribution in [-0.4, -0.2) is 73.1 Å². The molecule has 13 heteroatoms. The first-order valence-corrected chi connectivity index (χ1v) is 11.7. The highest BCUT2D eigenvalue weighted by Crippen LogP contribution is 2.35. The number of methoxy groups -OCH3 is 1. The Balaban J connectivity index is 1.37. The molecule has 4 aromatic rings. The zero-order chi connectivity index (χ0) is 26.6. The van der Waals surface area contributed by atoms with E-state index in [0.717, 1.165) is 5.56 Å². The third kappa shape index (κ3) is 4.95. The maximum absolute atomic E-state index is 10.6. The van der Waals surface area contributed by atoms with Crippen LogP contribution in [0.15, 0.2) is 60.0 Å². The van der Waals surface area contributed by atoms with Crippen molar-refractivity contribution in [2.45, 2.75) is 31.1 Å². The summed E-state index contributed by atoms with van der Waals surface area (Å²) in [6.45, 7) is -0.0817. The number of rotatable bonds is 9. The Morgan fingerprint density at radius 2 is 1.95 bits per heavy atom. The Morgan fingerprint density at radius 3 is 2.68 bits per heavy atom. The van der Waals surface area contributed by atoms with Gasteiger partial charge in [-0.2, -0.15) is 5.10 Å². The Bertz CT molecular complexity index is 1430. The highest BCUT2D eigenvalue weighted by Gasteiger charge is 2.45. The van der Waals surface area contributed by atoms with Gasteiger partial charge in [-0.3, -0.25) is 4.57 Å². The second kappa shape index (κ2) is 11.0. The summed E-state index contributed by atoms with van der Waals surface area (Å²) in [7, 11) is 1.55. The number of nitrogen functional groups attached to an aromatic ring is 1. The summed E-state index contributed by atoms with van der Waals surface area (Å²) < 4.78 is 18.5. The first-order chi connectivity index (χ1) is 18.5. The number of nitrogens with two attached hydrogens (primary N) is 1. The van der Waals surface area contributed by atoms with Gasteiger partial charge < -0.3 is 35.3 Å². The molecule has 0 spiro atoms. The van der Waals surface area contributed by atoms with Crippen molar-refractivity contribution in [2.24, 2.45) is 5.10 Å². The third-order valence-electron chi connectivity index (χ3n) is 6.08. The van der Waals surface area contributed by atoms with E-state index in [1.54, 1.807) is 25.5 Å². The minimum Gasteiger partial charge on any atom is -0.493 e. The van der Waals surface area contributed by atoms with Gasteiger partial charge in [-0.15, -0.1) is 0 Å². The molecule has 38 heavy (non-hydrogen) atoms. The molecule has 0 bridgehead atoms. The first-order valence-electron chi connectivity index (χ1n) is 11.7. The molecule has 0 radical (unpaired) electrons. The topological polar surface area (TPSA) is 182 Å². The van der Waals surface area contributed by atoms with Crippen LogP contribution in [0.5, 0.6) is 11.5 Å². The minimum atomic E-state index is -1.36.